The molecule has 0 atom stereocenters. The van der Waals surface area contributed by atoms with Crippen molar-refractivity contribution >= 4 is 11.6 Å². The Morgan fingerprint density at radius 1 is 1.32 bits per heavy atom. The standard InChI is InChI=1S/C14H13FN4/c1-3-19(13-6-4-5-11(15)8-13)14-17-10(2)7-12(9-16)18-14/h4-8H,3H2,1-2H3. The number of nitrogens with zero attached hydrogens (tertiary/aromatic N) is 4. The molecule has 0 aliphatic heterocycles. The molecule has 0 N–H and O–H groups in total. The number of aromatic nitrogens is 2. The molecular weight excluding hydrogens is 243 g/mol. The van der Waals surface area contributed by atoms with E-state index in [1.165, 1.54) is 12.1 Å². The van der Waals surface area contributed by atoms with Crippen LogP contribution >= 0.6 is 0 Å². The molecule has 1 heterocycles. The minimum absolute atomic E-state index is 0.303. The average molecular weight is 256 g/mol. The summed E-state index contributed by atoms with van der Waals surface area (Å²) in [6.07, 6.45) is 0. The third-order valence-electron chi connectivity index (χ3n) is 2.63. The maximum Gasteiger partial charge on any atom is 0.231 e. The average Bonchev–Trinajstić information content (AvgIpc) is 2.39. The van der Waals surface area contributed by atoms with Crippen molar-refractivity contribution in [3.63, 3.8) is 0 Å². The summed E-state index contributed by atoms with van der Waals surface area (Å²) in [7, 11) is 0. The lowest BCUT2D eigenvalue weighted by molar-refractivity contribution is 0.627. The summed E-state index contributed by atoms with van der Waals surface area (Å²) < 4.78 is 13.3. The third kappa shape index (κ3) is 2.86. The van der Waals surface area contributed by atoms with Crippen LogP contribution in [0.2, 0.25) is 0 Å². The van der Waals surface area contributed by atoms with Gasteiger partial charge in [0.2, 0.25) is 5.95 Å². The van der Waals surface area contributed by atoms with E-state index in [2.05, 4.69) is 9.97 Å². The molecule has 96 valence electrons. The van der Waals surface area contributed by atoms with Crippen LogP contribution in [0.25, 0.3) is 0 Å². The summed E-state index contributed by atoms with van der Waals surface area (Å²) in [4.78, 5) is 10.2. The number of nitriles is 1. The van der Waals surface area contributed by atoms with Crippen LogP contribution in [0.4, 0.5) is 16.0 Å². The number of hydrogen-bond acceptors (Lipinski definition) is 4. The fourth-order valence-corrected chi connectivity index (χ4v) is 1.81. The second kappa shape index (κ2) is 5.44. The van der Waals surface area contributed by atoms with Gasteiger partial charge >= 0.3 is 0 Å². The van der Waals surface area contributed by atoms with E-state index in [1.807, 2.05) is 13.0 Å². The lowest BCUT2D eigenvalue weighted by atomic mass is 10.3. The first kappa shape index (κ1) is 13.0. The Labute approximate surface area is 111 Å². The fourth-order valence-electron chi connectivity index (χ4n) is 1.81. The molecule has 0 amide bonds. The first-order valence-electron chi connectivity index (χ1n) is 5.93. The highest BCUT2D eigenvalue weighted by Gasteiger charge is 2.12. The Hall–Kier alpha value is -2.48. The Kier molecular flexibility index (Phi) is 3.71. The van der Waals surface area contributed by atoms with Gasteiger partial charge in [-0.2, -0.15) is 5.26 Å². The lowest BCUT2D eigenvalue weighted by Gasteiger charge is -2.21. The smallest absolute Gasteiger partial charge is 0.231 e. The van der Waals surface area contributed by atoms with E-state index in [0.717, 1.165) is 0 Å². The predicted molar refractivity (Wildman–Crippen MR) is 70.6 cm³/mol. The summed E-state index contributed by atoms with van der Waals surface area (Å²) in [5.41, 5.74) is 1.67. The highest BCUT2D eigenvalue weighted by atomic mass is 19.1. The number of rotatable bonds is 3. The predicted octanol–water partition coefficient (Wildman–Crippen LogP) is 2.95. The van der Waals surface area contributed by atoms with Crippen LogP contribution in [0.1, 0.15) is 18.3 Å². The van der Waals surface area contributed by atoms with Crippen LogP contribution in [0, 0.1) is 24.1 Å². The molecule has 1 aromatic heterocycles. The zero-order valence-electron chi connectivity index (χ0n) is 10.8. The third-order valence-corrected chi connectivity index (χ3v) is 2.63. The van der Waals surface area contributed by atoms with Gasteiger partial charge in [-0.1, -0.05) is 6.07 Å². The van der Waals surface area contributed by atoms with Gasteiger partial charge in [0.15, 0.2) is 0 Å². The van der Waals surface area contributed by atoms with Gasteiger partial charge in [0.05, 0.1) is 0 Å². The SMILES string of the molecule is CCN(c1cccc(F)c1)c1nc(C)cc(C#N)n1. The minimum Gasteiger partial charge on any atom is -0.311 e. The summed E-state index contributed by atoms with van der Waals surface area (Å²) in [6.45, 7) is 4.30. The molecule has 2 rings (SSSR count). The maximum absolute atomic E-state index is 13.3. The normalized spacial score (nSPS) is 10.0. The molecule has 0 spiro atoms. The highest BCUT2D eigenvalue weighted by Crippen LogP contribution is 2.22. The molecule has 2 aromatic rings. The van der Waals surface area contributed by atoms with Crippen molar-refractivity contribution in [1.29, 1.82) is 5.26 Å². The van der Waals surface area contributed by atoms with Crippen molar-refractivity contribution in [2.24, 2.45) is 0 Å². The second-order valence-corrected chi connectivity index (χ2v) is 4.03. The Morgan fingerprint density at radius 2 is 2.11 bits per heavy atom. The van der Waals surface area contributed by atoms with Crippen LogP contribution in [-0.2, 0) is 0 Å². The van der Waals surface area contributed by atoms with E-state index >= 15 is 0 Å². The van der Waals surface area contributed by atoms with Crippen LogP contribution in [0.15, 0.2) is 30.3 Å². The van der Waals surface area contributed by atoms with Gasteiger partial charge < -0.3 is 4.90 Å². The fraction of sp³-hybridized carbons (Fsp3) is 0.214. The number of hydrogen-bond donors (Lipinski definition) is 0. The van der Waals surface area contributed by atoms with Gasteiger partial charge in [-0.3, -0.25) is 0 Å². The molecule has 0 unspecified atom stereocenters. The van der Waals surface area contributed by atoms with Gasteiger partial charge in [0, 0.05) is 17.9 Å². The van der Waals surface area contributed by atoms with E-state index in [0.29, 0.717) is 29.6 Å². The number of benzene rings is 1. The lowest BCUT2D eigenvalue weighted by Crippen LogP contribution is -2.19. The van der Waals surface area contributed by atoms with E-state index in [4.69, 9.17) is 5.26 Å². The molecule has 0 saturated heterocycles. The van der Waals surface area contributed by atoms with Crippen molar-refractivity contribution in [1.82, 2.24) is 9.97 Å². The van der Waals surface area contributed by atoms with E-state index in [-0.39, 0.29) is 5.82 Å². The van der Waals surface area contributed by atoms with E-state index < -0.39 is 0 Å². The molecule has 1 aromatic carbocycles. The van der Waals surface area contributed by atoms with Gasteiger partial charge in [-0.25, -0.2) is 14.4 Å². The molecule has 4 nitrogen and oxygen atoms in total. The van der Waals surface area contributed by atoms with Crippen LogP contribution in [0.5, 0.6) is 0 Å². The Bertz CT molecular complexity index is 634. The van der Waals surface area contributed by atoms with Crippen LogP contribution in [0.3, 0.4) is 0 Å². The molecular formula is C14H13FN4. The van der Waals surface area contributed by atoms with Gasteiger partial charge in [-0.05, 0) is 38.1 Å². The largest absolute Gasteiger partial charge is 0.311 e. The molecule has 0 fully saturated rings. The van der Waals surface area contributed by atoms with Crippen molar-refractivity contribution in [3.8, 4) is 6.07 Å². The van der Waals surface area contributed by atoms with E-state index in [9.17, 15) is 4.39 Å². The quantitative estimate of drug-likeness (QED) is 0.847. The van der Waals surface area contributed by atoms with Crippen molar-refractivity contribution < 1.29 is 4.39 Å². The summed E-state index contributed by atoms with van der Waals surface area (Å²) in [5, 5.41) is 8.94. The zero-order valence-corrected chi connectivity index (χ0v) is 10.8. The first-order chi connectivity index (χ1) is 9.13. The van der Waals surface area contributed by atoms with Gasteiger partial charge in [-0.15, -0.1) is 0 Å². The second-order valence-electron chi connectivity index (χ2n) is 4.03. The van der Waals surface area contributed by atoms with Crippen molar-refractivity contribution in [3.05, 3.63) is 47.5 Å². The summed E-state index contributed by atoms with van der Waals surface area (Å²) in [6, 6.07) is 9.83. The number of halogens is 1. The highest BCUT2D eigenvalue weighted by molar-refractivity contribution is 5.57. The van der Waals surface area contributed by atoms with Crippen molar-refractivity contribution in [2.45, 2.75) is 13.8 Å². The number of anilines is 2. The monoisotopic (exact) mass is 256 g/mol. The molecule has 0 radical (unpaired) electrons. The minimum atomic E-state index is -0.316. The Balaban J connectivity index is 2.48. The van der Waals surface area contributed by atoms with E-state index in [1.54, 1.807) is 30.0 Å². The van der Waals surface area contributed by atoms with Crippen LogP contribution < -0.4 is 4.90 Å². The molecule has 0 aliphatic rings. The van der Waals surface area contributed by atoms with Gasteiger partial charge in [0.25, 0.3) is 0 Å². The molecule has 5 heteroatoms. The molecule has 0 aliphatic carbocycles. The molecule has 0 saturated carbocycles. The molecule has 19 heavy (non-hydrogen) atoms. The maximum atomic E-state index is 13.3. The molecule has 0 bridgehead atoms. The zero-order chi connectivity index (χ0) is 13.8. The Morgan fingerprint density at radius 3 is 2.74 bits per heavy atom. The van der Waals surface area contributed by atoms with Gasteiger partial charge in [0.1, 0.15) is 17.6 Å². The summed E-state index contributed by atoms with van der Waals surface area (Å²) >= 11 is 0. The topological polar surface area (TPSA) is 52.8 Å². The van der Waals surface area contributed by atoms with Crippen LogP contribution in [-0.4, -0.2) is 16.5 Å². The first-order valence-corrected chi connectivity index (χ1v) is 5.93. The summed E-state index contributed by atoms with van der Waals surface area (Å²) in [5.74, 6) is 0.0914. The van der Waals surface area contributed by atoms with Crippen molar-refractivity contribution in [2.75, 3.05) is 11.4 Å². The number of aryl methyl sites for hydroxylation is 1.